The van der Waals surface area contributed by atoms with Crippen LogP contribution >= 0.6 is 45.3 Å². The molecule has 34 heavy (non-hydrogen) atoms. The topological polar surface area (TPSA) is 129 Å². The normalized spacial score (nSPS) is 10.2. The monoisotopic (exact) mass is 514 g/mol. The van der Waals surface area contributed by atoms with Gasteiger partial charge in [0.25, 0.3) is 0 Å². The van der Waals surface area contributed by atoms with Crippen LogP contribution in [0.25, 0.3) is 29.3 Å². The van der Waals surface area contributed by atoms with Gasteiger partial charge in [-0.3, -0.25) is 9.59 Å². The van der Waals surface area contributed by atoms with E-state index >= 15 is 0 Å². The van der Waals surface area contributed by atoms with Crippen LogP contribution in [-0.2, 0) is 0 Å². The molecule has 10 heteroatoms. The second-order valence-corrected chi connectivity index (χ2v) is 11.1. The van der Waals surface area contributed by atoms with Gasteiger partial charge in [0.05, 0.1) is 41.8 Å². The SMILES string of the molecule is CC(=O)c1sc(-c2ccc(-c3ccc(-c4sc(C(C)=O)c(C#N)c4C#N)s3)s2)c(C#N)c1C#N. The molecule has 0 saturated heterocycles. The summed E-state index contributed by atoms with van der Waals surface area (Å²) in [4.78, 5) is 29.0. The van der Waals surface area contributed by atoms with Gasteiger partial charge in [-0.15, -0.1) is 45.3 Å². The molecule has 0 radical (unpaired) electrons. The van der Waals surface area contributed by atoms with Crippen molar-refractivity contribution in [1.29, 1.82) is 21.0 Å². The Balaban J connectivity index is 1.77. The standard InChI is InChI=1S/C24H10N4O2S4/c1-11(29)21-13(7-25)15(9-27)23(33-21)19-5-3-17(31-19)18-4-6-20(32-18)24-16(10-28)14(8-26)22(34-24)12(2)30/h3-6H,1-2H3. The van der Waals surface area contributed by atoms with Crippen molar-refractivity contribution >= 4 is 56.9 Å². The lowest BCUT2D eigenvalue weighted by Crippen LogP contribution is -1.91. The zero-order valence-electron chi connectivity index (χ0n) is 17.5. The number of hydrogen-bond acceptors (Lipinski definition) is 10. The first-order valence-corrected chi connectivity index (χ1v) is 12.8. The van der Waals surface area contributed by atoms with Crippen LogP contribution in [0.1, 0.15) is 55.4 Å². The van der Waals surface area contributed by atoms with Crippen LogP contribution < -0.4 is 0 Å². The molecule has 4 rings (SSSR count). The molecule has 0 aliphatic carbocycles. The Morgan fingerprint density at radius 3 is 1.18 bits per heavy atom. The lowest BCUT2D eigenvalue weighted by Gasteiger charge is -1.94. The first-order valence-electron chi connectivity index (χ1n) is 9.51. The summed E-state index contributed by atoms with van der Waals surface area (Å²) in [7, 11) is 0. The zero-order chi connectivity index (χ0) is 24.6. The number of carbonyl (C=O) groups excluding carboxylic acids is 2. The number of Topliss-reactive ketones (excluding diaryl/α,β-unsaturated/α-hetero) is 2. The van der Waals surface area contributed by atoms with Crippen LogP contribution in [0.2, 0.25) is 0 Å². The van der Waals surface area contributed by atoms with Gasteiger partial charge in [-0.2, -0.15) is 21.0 Å². The molecular weight excluding hydrogens is 505 g/mol. The Morgan fingerprint density at radius 2 is 0.882 bits per heavy atom. The van der Waals surface area contributed by atoms with E-state index < -0.39 is 0 Å². The summed E-state index contributed by atoms with van der Waals surface area (Å²) in [5.74, 6) is -0.509. The fourth-order valence-electron chi connectivity index (χ4n) is 3.32. The van der Waals surface area contributed by atoms with Gasteiger partial charge in [0.1, 0.15) is 24.3 Å². The second kappa shape index (κ2) is 9.15. The van der Waals surface area contributed by atoms with Crippen molar-refractivity contribution in [1.82, 2.24) is 0 Å². The van der Waals surface area contributed by atoms with Crippen LogP contribution in [0.15, 0.2) is 24.3 Å². The molecule has 0 aromatic carbocycles. The number of nitrogens with zero attached hydrogens (tertiary/aromatic N) is 4. The maximum atomic E-state index is 11.9. The molecule has 4 aromatic heterocycles. The highest BCUT2D eigenvalue weighted by atomic mass is 32.1. The lowest BCUT2D eigenvalue weighted by atomic mass is 10.1. The Hall–Kier alpha value is -3.90. The molecule has 0 fully saturated rings. The number of carbonyl (C=O) groups is 2. The molecule has 0 unspecified atom stereocenters. The van der Waals surface area contributed by atoms with Crippen molar-refractivity contribution in [2.24, 2.45) is 0 Å². The molecule has 0 amide bonds. The van der Waals surface area contributed by atoms with Gasteiger partial charge in [-0.1, -0.05) is 0 Å². The first kappa shape index (κ1) is 23.3. The Kier molecular flexibility index (Phi) is 6.26. The number of thiophene rings is 4. The van der Waals surface area contributed by atoms with Crippen molar-refractivity contribution in [2.75, 3.05) is 0 Å². The predicted octanol–water partition coefficient (Wildman–Crippen LogP) is 6.83. The molecule has 0 N–H and O–H groups in total. The van der Waals surface area contributed by atoms with Crippen LogP contribution in [0.4, 0.5) is 0 Å². The third kappa shape index (κ3) is 3.76. The Bertz CT molecular complexity index is 1540. The van der Waals surface area contributed by atoms with Gasteiger partial charge in [0.2, 0.25) is 0 Å². The highest BCUT2D eigenvalue weighted by Gasteiger charge is 2.25. The van der Waals surface area contributed by atoms with Crippen molar-refractivity contribution in [3.05, 3.63) is 56.3 Å². The minimum atomic E-state index is -0.255. The van der Waals surface area contributed by atoms with Crippen LogP contribution in [-0.4, -0.2) is 11.6 Å². The van der Waals surface area contributed by atoms with E-state index in [2.05, 4.69) is 12.1 Å². The number of nitriles is 4. The van der Waals surface area contributed by atoms with Gasteiger partial charge >= 0.3 is 0 Å². The van der Waals surface area contributed by atoms with Gasteiger partial charge in [0, 0.05) is 33.4 Å². The van der Waals surface area contributed by atoms with E-state index in [1.165, 1.54) is 36.5 Å². The summed E-state index contributed by atoms with van der Waals surface area (Å²) >= 11 is 5.15. The minimum absolute atomic E-state index is 0.111. The smallest absolute Gasteiger partial charge is 0.171 e. The molecule has 0 aliphatic heterocycles. The van der Waals surface area contributed by atoms with E-state index in [0.29, 0.717) is 9.75 Å². The van der Waals surface area contributed by atoms with Crippen LogP contribution in [0.3, 0.4) is 0 Å². The molecule has 0 spiro atoms. The van der Waals surface area contributed by atoms with Gasteiger partial charge in [-0.25, -0.2) is 0 Å². The van der Waals surface area contributed by atoms with Crippen molar-refractivity contribution in [3.63, 3.8) is 0 Å². The summed E-state index contributed by atoms with van der Waals surface area (Å²) in [5.41, 5.74) is 0.631. The quantitative estimate of drug-likeness (QED) is 0.268. The second-order valence-electron chi connectivity index (χ2n) is 6.91. The predicted molar refractivity (Wildman–Crippen MR) is 133 cm³/mol. The molecule has 6 nitrogen and oxygen atoms in total. The van der Waals surface area contributed by atoms with E-state index in [1.807, 2.05) is 36.4 Å². The molecule has 0 atom stereocenters. The fraction of sp³-hybridized carbons (Fsp3) is 0.0833. The van der Waals surface area contributed by atoms with E-state index in [-0.39, 0.29) is 43.6 Å². The molecule has 162 valence electrons. The van der Waals surface area contributed by atoms with E-state index in [9.17, 15) is 30.6 Å². The van der Waals surface area contributed by atoms with E-state index in [1.54, 1.807) is 0 Å². The Morgan fingerprint density at radius 1 is 0.559 bits per heavy atom. The lowest BCUT2D eigenvalue weighted by molar-refractivity contribution is 0.101. The van der Waals surface area contributed by atoms with Crippen LogP contribution in [0.5, 0.6) is 0 Å². The van der Waals surface area contributed by atoms with Crippen molar-refractivity contribution < 1.29 is 9.59 Å². The number of rotatable bonds is 5. The Labute approximate surface area is 210 Å². The summed E-state index contributed by atoms with van der Waals surface area (Å²) < 4.78 is 0. The van der Waals surface area contributed by atoms with Crippen LogP contribution in [0, 0.1) is 45.3 Å². The highest BCUT2D eigenvalue weighted by molar-refractivity contribution is 7.29. The summed E-state index contributed by atoms with van der Waals surface area (Å²) in [6, 6.07) is 15.6. The summed E-state index contributed by atoms with van der Waals surface area (Å²) in [6.07, 6.45) is 0. The van der Waals surface area contributed by atoms with Crippen molar-refractivity contribution in [2.45, 2.75) is 13.8 Å². The highest BCUT2D eigenvalue weighted by Crippen LogP contribution is 2.46. The summed E-state index contributed by atoms with van der Waals surface area (Å²) in [5, 5.41) is 38.1. The number of hydrogen-bond donors (Lipinski definition) is 0. The summed E-state index contributed by atoms with van der Waals surface area (Å²) in [6.45, 7) is 2.75. The maximum absolute atomic E-state index is 11.9. The molecule has 4 aromatic rings. The third-order valence-corrected chi connectivity index (χ3v) is 10.1. The molecular formula is C24H10N4O2S4. The average Bonchev–Trinajstić information content (AvgIpc) is 3.60. The average molecular weight is 515 g/mol. The molecule has 0 saturated carbocycles. The van der Waals surface area contributed by atoms with Crippen molar-refractivity contribution in [3.8, 4) is 53.5 Å². The largest absolute Gasteiger partial charge is 0.294 e. The molecule has 4 heterocycles. The van der Waals surface area contributed by atoms with Gasteiger partial charge in [-0.05, 0) is 24.3 Å². The molecule has 0 aliphatic rings. The fourth-order valence-corrected chi connectivity index (χ4v) is 7.84. The van der Waals surface area contributed by atoms with E-state index in [0.717, 1.165) is 42.2 Å². The zero-order valence-corrected chi connectivity index (χ0v) is 20.8. The molecule has 0 bridgehead atoms. The van der Waals surface area contributed by atoms with Gasteiger partial charge in [0.15, 0.2) is 11.6 Å². The van der Waals surface area contributed by atoms with E-state index in [4.69, 9.17) is 0 Å². The van der Waals surface area contributed by atoms with Gasteiger partial charge < -0.3 is 0 Å². The number of ketones is 2. The first-order chi connectivity index (χ1) is 16.3. The maximum Gasteiger partial charge on any atom is 0.171 e. The minimum Gasteiger partial charge on any atom is -0.294 e. The third-order valence-electron chi connectivity index (χ3n) is 4.81.